The van der Waals surface area contributed by atoms with Crippen LogP contribution < -0.4 is 10.6 Å². The number of hydrogen-bond donors (Lipinski definition) is 3. The van der Waals surface area contributed by atoms with Gasteiger partial charge >= 0.3 is 12.1 Å². The van der Waals surface area contributed by atoms with Gasteiger partial charge in [0.15, 0.2) is 0 Å². The van der Waals surface area contributed by atoms with Gasteiger partial charge in [-0.15, -0.1) is 11.6 Å². The number of aryl methyl sites for hydroxylation is 1. The predicted molar refractivity (Wildman–Crippen MR) is 99.5 cm³/mol. The number of alkyl halides is 1. The SMILES string of the molecule is Cc1ccc(NCCCl)cc1CC(CC(=O)O)NC(=O)OC(C)(C)C. The van der Waals surface area contributed by atoms with E-state index in [1.165, 1.54) is 0 Å². The zero-order valence-electron chi connectivity index (χ0n) is 15.2. The number of anilines is 1. The molecular formula is C18H27ClN2O4. The van der Waals surface area contributed by atoms with E-state index >= 15 is 0 Å². The number of carbonyl (C=O) groups is 2. The maximum atomic E-state index is 12.0. The molecule has 1 aromatic carbocycles. The number of carboxylic acids is 1. The highest BCUT2D eigenvalue weighted by atomic mass is 35.5. The Morgan fingerprint density at radius 3 is 2.56 bits per heavy atom. The standard InChI is InChI=1S/C18H27ClN2O4/c1-12-5-6-14(20-8-7-19)9-13(12)10-15(11-16(22)23)21-17(24)25-18(2,3)4/h5-6,9,15,20H,7-8,10-11H2,1-4H3,(H,21,24)(H,22,23). The fourth-order valence-electron chi connectivity index (χ4n) is 2.32. The molecule has 1 amide bonds. The number of carbonyl (C=O) groups excluding carboxylic acids is 1. The number of ether oxygens (including phenoxy) is 1. The first-order chi connectivity index (χ1) is 11.6. The summed E-state index contributed by atoms with van der Waals surface area (Å²) in [4.78, 5) is 23.1. The Morgan fingerprint density at radius 2 is 2.00 bits per heavy atom. The van der Waals surface area contributed by atoms with E-state index in [1.54, 1.807) is 20.8 Å². The van der Waals surface area contributed by atoms with Gasteiger partial charge in [0.25, 0.3) is 0 Å². The Morgan fingerprint density at radius 1 is 1.32 bits per heavy atom. The van der Waals surface area contributed by atoms with E-state index in [2.05, 4.69) is 10.6 Å². The summed E-state index contributed by atoms with van der Waals surface area (Å²) in [6.45, 7) is 7.86. The third-order valence-electron chi connectivity index (χ3n) is 3.38. The summed E-state index contributed by atoms with van der Waals surface area (Å²) in [6.07, 6.45) is -0.404. The van der Waals surface area contributed by atoms with Gasteiger partial charge in [-0.3, -0.25) is 4.79 Å². The van der Waals surface area contributed by atoms with Gasteiger partial charge in [0.1, 0.15) is 5.60 Å². The van der Waals surface area contributed by atoms with E-state index in [4.69, 9.17) is 21.4 Å². The molecule has 7 heteroatoms. The van der Waals surface area contributed by atoms with Crippen LogP contribution in [0.2, 0.25) is 0 Å². The fraction of sp³-hybridized carbons (Fsp3) is 0.556. The fourth-order valence-corrected chi connectivity index (χ4v) is 2.41. The van der Waals surface area contributed by atoms with Crippen molar-refractivity contribution >= 4 is 29.4 Å². The van der Waals surface area contributed by atoms with Crippen molar-refractivity contribution in [2.45, 2.75) is 52.2 Å². The minimum atomic E-state index is -0.977. The highest BCUT2D eigenvalue weighted by Crippen LogP contribution is 2.18. The first-order valence-electron chi connectivity index (χ1n) is 8.21. The molecule has 0 aliphatic rings. The summed E-state index contributed by atoms with van der Waals surface area (Å²) in [7, 11) is 0. The Balaban J connectivity index is 2.87. The molecule has 0 aromatic heterocycles. The van der Waals surface area contributed by atoms with E-state index in [0.29, 0.717) is 18.8 Å². The Hall–Kier alpha value is -1.95. The van der Waals surface area contributed by atoms with Crippen molar-refractivity contribution < 1.29 is 19.4 Å². The van der Waals surface area contributed by atoms with Gasteiger partial charge in [0.2, 0.25) is 0 Å². The topological polar surface area (TPSA) is 87.7 Å². The number of hydrogen-bond acceptors (Lipinski definition) is 4. The monoisotopic (exact) mass is 370 g/mol. The van der Waals surface area contributed by atoms with Crippen molar-refractivity contribution in [3.63, 3.8) is 0 Å². The maximum Gasteiger partial charge on any atom is 0.407 e. The minimum absolute atomic E-state index is 0.183. The van der Waals surface area contributed by atoms with Gasteiger partial charge < -0.3 is 20.5 Å². The number of benzene rings is 1. The van der Waals surface area contributed by atoms with Crippen LogP contribution in [-0.2, 0) is 16.0 Å². The zero-order chi connectivity index (χ0) is 19.0. The van der Waals surface area contributed by atoms with Gasteiger partial charge in [0.05, 0.1) is 6.42 Å². The summed E-state index contributed by atoms with van der Waals surface area (Å²) < 4.78 is 5.22. The van der Waals surface area contributed by atoms with Crippen molar-refractivity contribution in [2.24, 2.45) is 0 Å². The second kappa shape index (κ2) is 9.51. The molecule has 0 aliphatic heterocycles. The van der Waals surface area contributed by atoms with Gasteiger partial charge in [-0.25, -0.2) is 4.79 Å². The predicted octanol–water partition coefficient (Wildman–Crippen LogP) is 3.56. The summed E-state index contributed by atoms with van der Waals surface area (Å²) in [5.74, 6) is -0.486. The van der Waals surface area contributed by atoms with Crippen molar-refractivity contribution in [3.05, 3.63) is 29.3 Å². The largest absolute Gasteiger partial charge is 0.481 e. The lowest BCUT2D eigenvalue weighted by Gasteiger charge is -2.23. The van der Waals surface area contributed by atoms with E-state index < -0.39 is 23.7 Å². The van der Waals surface area contributed by atoms with Crippen molar-refractivity contribution in [1.29, 1.82) is 0 Å². The third kappa shape index (κ3) is 8.63. The maximum absolute atomic E-state index is 12.0. The number of alkyl carbamates (subject to hydrolysis) is 1. The van der Waals surface area contributed by atoms with Gasteiger partial charge in [0, 0.05) is 24.2 Å². The molecule has 0 heterocycles. The molecule has 1 aromatic rings. The summed E-state index contributed by atoms with van der Waals surface area (Å²) >= 11 is 5.68. The van der Waals surface area contributed by atoms with E-state index in [0.717, 1.165) is 16.8 Å². The molecule has 3 N–H and O–H groups in total. The lowest BCUT2D eigenvalue weighted by molar-refractivity contribution is -0.137. The van der Waals surface area contributed by atoms with Crippen molar-refractivity contribution in [1.82, 2.24) is 5.32 Å². The van der Waals surface area contributed by atoms with Crippen LogP contribution >= 0.6 is 11.6 Å². The first-order valence-corrected chi connectivity index (χ1v) is 8.75. The molecule has 0 bridgehead atoms. The number of carboxylic acid groups (broad SMARTS) is 1. The third-order valence-corrected chi connectivity index (χ3v) is 3.57. The number of amides is 1. The normalized spacial score (nSPS) is 12.4. The molecular weight excluding hydrogens is 344 g/mol. The number of aliphatic carboxylic acids is 1. The average molecular weight is 371 g/mol. The summed E-state index contributed by atoms with van der Waals surface area (Å²) in [5.41, 5.74) is 2.26. The molecule has 0 saturated heterocycles. The molecule has 0 fully saturated rings. The molecule has 1 rings (SSSR count). The molecule has 0 saturated carbocycles. The first kappa shape index (κ1) is 21.1. The highest BCUT2D eigenvalue weighted by Gasteiger charge is 2.22. The summed E-state index contributed by atoms with van der Waals surface area (Å²) in [5, 5.41) is 15.0. The van der Waals surface area contributed by atoms with Gasteiger partial charge in [-0.2, -0.15) is 0 Å². The van der Waals surface area contributed by atoms with Crippen molar-refractivity contribution in [3.8, 4) is 0 Å². The Kier molecular flexibility index (Phi) is 8.03. The molecule has 6 nitrogen and oxygen atoms in total. The second-order valence-corrected chi connectivity index (χ2v) is 7.28. The molecule has 0 radical (unpaired) electrons. The van der Waals surface area contributed by atoms with Crippen LogP contribution in [0.25, 0.3) is 0 Å². The van der Waals surface area contributed by atoms with Crippen LogP contribution in [0, 0.1) is 6.92 Å². The minimum Gasteiger partial charge on any atom is -0.481 e. The van der Waals surface area contributed by atoms with E-state index in [9.17, 15) is 9.59 Å². The van der Waals surface area contributed by atoms with Crippen LogP contribution in [0.5, 0.6) is 0 Å². The number of rotatable bonds is 8. The molecule has 25 heavy (non-hydrogen) atoms. The lowest BCUT2D eigenvalue weighted by atomic mass is 9.98. The quantitative estimate of drug-likeness (QED) is 0.609. The van der Waals surface area contributed by atoms with Crippen LogP contribution in [-0.4, -0.2) is 41.2 Å². The lowest BCUT2D eigenvalue weighted by Crippen LogP contribution is -2.41. The zero-order valence-corrected chi connectivity index (χ0v) is 15.9. The molecule has 1 atom stereocenters. The molecule has 0 spiro atoms. The Labute approximate surface area is 153 Å². The van der Waals surface area contributed by atoms with Crippen LogP contribution in [0.3, 0.4) is 0 Å². The Bertz CT molecular complexity index is 599. The molecule has 1 unspecified atom stereocenters. The van der Waals surface area contributed by atoms with E-state index in [-0.39, 0.29) is 6.42 Å². The average Bonchev–Trinajstić information content (AvgIpc) is 2.45. The van der Waals surface area contributed by atoms with Crippen LogP contribution in [0.4, 0.5) is 10.5 Å². The second-order valence-electron chi connectivity index (χ2n) is 6.90. The highest BCUT2D eigenvalue weighted by molar-refractivity contribution is 6.18. The summed E-state index contributed by atoms with van der Waals surface area (Å²) in [6, 6.07) is 5.29. The molecule has 140 valence electrons. The van der Waals surface area contributed by atoms with Crippen LogP contribution in [0.15, 0.2) is 18.2 Å². The van der Waals surface area contributed by atoms with Crippen molar-refractivity contribution in [2.75, 3.05) is 17.7 Å². The van der Waals surface area contributed by atoms with E-state index in [1.807, 2.05) is 25.1 Å². The number of halogens is 1. The smallest absolute Gasteiger partial charge is 0.407 e. The number of nitrogens with one attached hydrogen (secondary N) is 2. The van der Waals surface area contributed by atoms with Gasteiger partial charge in [-0.05, 0) is 57.4 Å². The van der Waals surface area contributed by atoms with Crippen LogP contribution in [0.1, 0.15) is 38.3 Å². The molecule has 0 aliphatic carbocycles. The van der Waals surface area contributed by atoms with Gasteiger partial charge in [-0.1, -0.05) is 6.07 Å².